The minimum absolute atomic E-state index is 0.0348. The highest BCUT2D eigenvalue weighted by molar-refractivity contribution is 7.90. The minimum Gasteiger partial charge on any atom is -0.425 e. The Morgan fingerprint density at radius 2 is 1.54 bits per heavy atom. The Morgan fingerprint density at radius 3 is 2.13 bits per heavy atom. The summed E-state index contributed by atoms with van der Waals surface area (Å²) in [5, 5.41) is 0.120. The van der Waals surface area contributed by atoms with E-state index in [1.54, 1.807) is 18.3 Å². The Labute approximate surface area is 233 Å². The van der Waals surface area contributed by atoms with Crippen LogP contribution in [0.3, 0.4) is 0 Å². The first-order valence-corrected chi connectivity index (χ1v) is 14.4. The lowest BCUT2D eigenvalue weighted by molar-refractivity contribution is -0.138. The number of benzene rings is 3. The third kappa shape index (κ3) is 5.49. The summed E-state index contributed by atoms with van der Waals surface area (Å²) in [4.78, 5) is 49.2. The number of carbonyl (C=O) groups excluding carboxylic acids is 3. The molecule has 0 saturated carbocycles. The highest BCUT2D eigenvalue weighted by atomic mass is 35.5. The van der Waals surface area contributed by atoms with Gasteiger partial charge in [0.05, 0.1) is 49.8 Å². The molecule has 2 amide bonds. The smallest absolute Gasteiger partial charge is 0.334 e. The van der Waals surface area contributed by atoms with Crippen molar-refractivity contribution in [3.05, 3.63) is 88.0 Å². The van der Waals surface area contributed by atoms with Crippen LogP contribution in [0, 0.1) is 0 Å². The van der Waals surface area contributed by atoms with Gasteiger partial charge in [0.2, 0.25) is 0 Å². The average Bonchev–Trinajstić information content (AvgIpc) is 3.13. The van der Waals surface area contributed by atoms with Gasteiger partial charge in [0.15, 0.2) is 0 Å². The molecule has 1 aromatic heterocycles. The summed E-state index contributed by atoms with van der Waals surface area (Å²) in [6.07, 6.45) is 2.27. The molecule has 0 unspecified atom stereocenters. The second kappa shape index (κ2) is 10.4. The molecule has 5 rings (SSSR count). The molecule has 0 bridgehead atoms. The highest BCUT2D eigenvalue weighted by Crippen LogP contribution is 2.33. The number of ether oxygens (including phenoxy) is 1. The SMILES string of the molecule is CS(=O)(=O)CC[C@H](C(=O)Oc1ccc(-c2cnc3ccccc3n2)cc1)N1C(=O)c2cc(Cl)c(Cl)cc2C1=O. The van der Waals surface area contributed by atoms with Crippen molar-refractivity contribution in [2.45, 2.75) is 12.5 Å². The highest BCUT2D eigenvalue weighted by Gasteiger charge is 2.44. The van der Waals surface area contributed by atoms with Crippen molar-refractivity contribution >= 4 is 61.9 Å². The average molecular weight is 584 g/mol. The quantitative estimate of drug-likeness (QED) is 0.175. The van der Waals surface area contributed by atoms with Crippen LogP contribution in [0.4, 0.5) is 0 Å². The van der Waals surface area contributed by atoms with Gasteiger partial charge in [-0.2, -0.15) is 0 Å². The van der Waals surface area contributed by atoms with Gasteiger partial charge in [-0.1, -0.05) is 35.3 Å². The third-order valence-corrected chi connectivity index (χ3v) is 7.82. The van der Waals surface area contributed by atoms with Gasteiger partial charge in [0.25, 0.3) is 11.8 Å². The first-order valence-electron chi connectivity index (χ1n) is 11.6. The van der Waals surface area contributed by atoms with Crippen LogP contribution in [0.1, 0.15) is 27.1 Å². The van der Waals surface area contributed by atoms with Crippen LogP contribution in [0.2, 0.25) is 10.0 Å². The Balaban J connectivity index is 1.40. The standard InChI is InChI=1S/C27H19Cl2N3O6S/c1-39(36,37)11-10-24(32-25(33)17-12-19(28)20(29)13-18(17)26(32)34)27(35)38-16-8-6-15(7-9-16)23-14-30-21-4-2-3-5-22(21)31-23/h2-9,12-14,24H,10-11H2,1H3/t24-/m1/s1. The Morgan fingerprint density at radius 1 is 0.949 bits per heavy atom. The second-order valence-electron chi connectivity index (χ2n) is 8.92. The zero-order valence-corrected chi connectivity index (χ0v) is 22.6. The Bertz CT molecular complexity index is 1720. The molecule has 3 aromatic carbocycles. The number of carbonyl (C=O) groups is 3. The van der Waals surface area contributed by atoms with Crippen molar-refractivity contribution in [3.8, 4) is 17.0 Å². The van der Waals surface area contributed by atoms with Gasteiger partial charge in [-0.05, 0) is 55.0 Å². The monoisotopic (exact) mass is 583 g/mol. The van der Waals surface area contributed by atoms with Gasteiger partial charge in [-0.25, -0.2) is 18.2 Å². The van der Waals surface area contributed by atoms with E-state index in [0.717, 1.165) is 22.9 Å². The lowest BCUT2D eigenvalue weighted by atomic mass is 10.1. The number of aromatic nitrogens is 2. The number of nitrogens with zero attached hydrogens (tertiary/aromatic N) is 3. The normalized spacial score (nSPS) is 14.0. The van der Waals surface area contributed by atoms with E-state index in [-0.39, 0.29) is 33.3 Å². The Hall–Kier alpha value is -3.86. The van der Waals surface area contributed by atoms with Crippen molar-refractivity contribution in [2.75, 3.05) is 12.0 Å². The number of sulfone groups is 1. The van der Waals surface area contributed by atoms with E-state index in [1.807, 2.05) is 24.3 Å². The molecule has 1 atom stereocenters. The van der Waals surface area contributed by atoms with Crippen LogP contribution in [0.5, 0.6) is 5.75 Å². The molecule has 1 aliphatic heterocycles. The number of imide groups is 1. The topological polar surface area (TPSA) is 124 Å². The van der Waals surface area contributed by atoms with Crippen molar-refractivity contribution in [2.24, 2.45) is 0 Å². The van der Waals surface area contributed by atoms with E-state index < -0.39 is 39.4 Å². The lowest BCUT2D eigenvalue weighted by Gasteiger charge is -2.24. The first-order chi connectivity index (χ1) is 18.5. The van der Waals surface area contributed by atoms with Gasteiger partial charge in [-0.15, -0.1) is 0 Å². The number of esters is 1. The number of para-hydroxylation sites is 2. The molecule has 39 heavy (non-hydrogen) atoms. The molecule has 0 spiro atoms. The summed E-state index contributed by atoms with van der Waals surface area (Å²) in [5.41, 5.74) is 2.74. The van der Waals surface area contributed by atoms with E-state index in [9.17, 15) is 22.8 Å². The molecule has 12 heteroatoms. The van der Waals surface area contributed by atoms with Gasteiger partial charge < -0.3 is 4.74 Å². The van der Waals surface area contributed by atoms with E-state index >= 15 is 0 Å². The zero-order valence-electron chi connectivity index (χ0n) is 20.3. The van der Waals surface area contributed by atoms with Crippen molar-refractivity contribution in [1.82, 2.24) is 14.9 Å². The molecule has 0 saturated heterocycles. The first kappa shape index (κ1) is 26.7. The molecule has 0 radical (unpaired) electrons. The lowest BCUT2D eigenvalue weighted by Crippen LogP contribution is -2.47. The summed E-state index contributed by atoms with van der Waals surface area (Å²) in [5.74, 6) is -2.89. The summed E-state index contributed by atoms with van der Waals surface area (Å²) in [6.45, 7) is 0. The largest absolute Gasteiger partial charge is 0.425 e. The molecule has 0 fully saturated rings. The van der Waals surface area contributed by atoms with Gasteiger partial charge >= 0.3 is 5.97 Å². The van der Waals surface area contributed by atoms with Crippen molar-refractivity contribution in [3.63, 3.8) is 0 Å². The van der Waals surface area contributed by atoms with Crippen LogP contribution < -0.4 is 4.74 Å². The number of fused-ring (bicyclic) bond motifs is 2. The number of halogens is 2. The molecule has 198 valence electrons. The molecule has 2 heterocycles. The predicted octanol–water partition coefficient (Wildman–Crippen LogP) is 4.61. The van der Waals surface area contributed by atoms with Crippen LogP contribution >= 0.6 is 23.2 Å². The second-order valence-corrected chi connectivity index (χ2v) is 12.0. The molecule has 9 nitrogen and oxygen atoms in total. The molecule has 1 aliphatic rings. The fraction of sp³-hybridized carbons (Fsp3) is 0.148. The zero-order chi connectivity index (χ0) is 27.9. The third-order valence-electron chi connectivity index (χ3n) is 6.12. The van der Waals surface area contributed by atoms with Gasteiger partial charge in [0, 0.05) is 11.8 Å². The Kier molecular flexibility index (Phi) is 7.11. The molecular formula is C27H19Cl2N3O6S. The summed E-state index contributed by atoms with van der Waals surface area (Å²) in [6, 6.07) is 14.8. The van der Waals surface area contributed by atoms with Gasteiger partial charge in [-0.3, -0.25) is 19.5 Å². The minimum atomic E-state index is -3.54. The summed E-state index contributed by atoms with van der Waals surface area (Å²) >= 11 is 12.0. The summed E-state index contributed by atoms with van der Waals surface area (Å²) in [7, 11) is -3.54. The fourth-order valence-corrected chi connectivity index (χ4v) is 5.17. The predicted molar refractivity (Wildman–Crippen MR) is 146 cm³/mol. The van der Waals surface area contributed by atoms with E-state index in [0.29, 0.717) is 10.6 Å². The molecule has 0 aliphatic carbocycles. The maximum Gasteiger partial charge on any atom is 0.334 e. The molecule has 0 N–H and O–H groups in total. The summed E-state index contributed by atoms with van der Waals surface area (Å²) < 4.78 is 29.2. The fourth-order valence-electron chi connectivity index (χ4n) is 4.19. The van der Waals surface area contributed by atoms with E-state index in [1.165, 1.54) is 24.3 Å². The maximum atomic E-state index is 13.3. The molecule has 4 aromatic rings. The van der Waals surface area contributed by atoms with E-state index in [4.69, 9.17) is 27.9 Å². The number of amides is 2. The molecular weight excluding hydrogens is 565 g/mol. The van der Waals surface area contributed by atoms with Crippen molar-refractivity contribution < 1.29 is 27.5 Å². The maximum absolute atomic E-state index is 13.3. The number of hydrogen-bond acceptors (Lipinski definition) is 8. The van der Waals surface area contributed by atoms with Crippen LogP contribution in [-0.2, 0) is 14.6 Å². The van der Waals surface area contributed by atoms with Gasteiger partial charge in [0.1, 0.15) is 21.6 Å². The van der Waals surface area contributed by atoms with Crippen molar-refractivity contribution in [1.29, 1.82) is 0 Å². The van der Waals surface area contributed by atoms with Crippen LogP contribution in [-0.4, -0.2) is 59.1 Å². The number of hydrogen-bond donors (Lipinski definition) is 0. The van der Waals surface area contributed by atoms with Crippen LogP contribution in [0.15, 0.2) is 66.9 Å². The van der Waals surface area contributed by atoms with Crippen LogP contribution in [0.25, 0.3) is 22.3 Å². The number of rotatable bonds is 7. The van der Waals surface area contributed by atoms with E-state index in [2.05, 4.69) is 9.97 Å².